The van der Waals surface area contributed by atoms with Crippen LogP contribution >= 0.6 is 35.3 Å². The summed E-state index contributed by atoms with van der Waals surface area (Å²) in [6, 6.07) is 11.9. The Morgan fingerprint density at radius 1 is 1.15 bits per heavy atom. The van der Waals surface area contributed by atoms with Gasteiger partial charge in [-0.25, -0.2) is 4.98 Å². The molecule has 0 bridgehead atoms. The summed E-state index contributed by atoms with van der Waals surface area (Å²) in [5, 5.41) is 1.42. The zero-order chi connectivity index (χ0) is 23.6. The van der Waals surface area contributed by atoms with Crippen molar-refractivity contribution in [2.75, 3.05) is 44.3 Å². The van der Waals surface area contributed by atoms with E-state index in [0.29, 0.717) is 17.1 Å². The van der Waals surface area contributed by atoms with E-state index < -0.39 is 0 Å². The number of benzene rings is 2. The molecule has 184 valence electrons. The van der Waals surface area contributed by atoms with Crippen LogP contribution in [0.25, 0.3) is 10.2 Å². The first-order valence-electron chi connectivity index (χ1n) is 11.5. The number of aromatic nitrogens is 1. The van der Waals surface area contributed by atoms with Gasteiger partial charge in [-0.1, -0.05) is 55.8 Å². The SMILES string of the molecule is Cc1c(Cl)ccc2sc(N(CCCN3CCOCC3)C(=O)c3ccc(C(C)(C)C)cc3)nc12.Cl. The van der Waals surface area contributed by atoms with Gasteiger partial charge in [0.1, 0.15) is 0 Å². The third-order valence-electron chi connectivity index (χ3n) is 6.17. The highest BCUT2D eigenvalue weighted by Crippen LogP contribution is 2.34. The predicted octanol–water partition coefficient (Wildman–Crippen LogP) is 6.35. The quantitative estimate of drug-likeness (QED) is 0.379. The maximum Gasteiger partial charge on any atom is 0.260 e. The normalized spacial score (nSPS) is 14.7. The van der Waals surface area contributed by atoms with E-state index in [0.717, 1.165) is 60.2 Å². The van der Waals surface area contributed by atoms with E-state index in [1.807, 2.05) is 36.1 Å². The Hall–Kier alpha value is -1.70. The number of anilines is 1. The average Bonchev–Trinajstić information content (AvgIpc) is 3.24. The first-order valence-corrected chi connectivity index (χ1v) is 12.7. The van der Waals surface area contributed by atoms with Gasteiger partial charge < -0.3 is 4.74 Å². The van der Waals surface area contributed by atoms with Crippen molar-refractivity contribution in [3.05, 3.63) is 58.1 Å². The Morgan fingerprint density at radius 2 is 1.82 bits per heavy atom. The van der Waals surface area contributed by atoms with Crippen LogP contribution in [0.1, 0.15) is 48.7 Å². The smallest absolute Gasteiger partial charge is 0.260 e. The summed E-state index contributed by atoms with van der Waals surface area (Å²) in [7, 11) is 0. The Balaban J connectivity index is 0.00000324. The molecule has 1 aromatic heterocycles. The molecule has 34 heavy (non-hydrogen) atoms. The Morgan fingerprint density at radius 3 is 2.47 bits per heavy atom. The van der Waals surface area contributed by atoms with Crippen molar-refractivity contribution in [2.24, 2.45) is 0 Å². The maximum atomic E-state index is 13.7. The van der Waals surface area contributed by atoms with Crippen molar-refractivity contribution in [3.8, 4) is 0 Å². The first kappa shape index (κ1) is 26.9. The van der Waals surface area contributed by atoms with Crippen LogP contribution in [0.2, 0.25) is 5.02 Å². The number of fused-ring (bicyclic) bond motifs is 1. The number of ether oxygens (including phenoxy) is 1. The zero-order valence-corrected chi connectivity index (χ0v) is 22.7. The topological polar surface area (TPSA) is 45.7 Å². The van der Waals surface area contributed by atoms with Crippen LogP contribution in [0.5, 0.6) is 0 Å². The number of carbonyl (C=O) groups is 1. The van der Waals surface area contributed by atoms with E-state index in [1.165, 1.54) is 5.56 Å². The monoisotopic (exact) mass is 521 g/mol. The second-order valence-electron chi connectivity index (χ2n) is 9.61. The fourth-order valence-corrected chi connectivity index (χ4v) is 5.24. The van der Waals surface area contributed by atoms with Crippen molar-refractivity contribution in [1.82, 2.24) is 9.88 Å². The molecule has 0 saturated carbocycles. The largest absolute Gasteiger partial charge is 0.379 e. The molecular formula is C26H33Cl2N3O2S. The van der Waals surface area contributed by atoms with Gasteiger partial charge in [0.15, 0.2) is 5.13 Å². The molecule has 1 amide bonds. The molecule has 0 unspecified atom stereocenters. The number of hydrogen-bond donors (Lipinski definition) is 0. The van der Waals surface area contributed by atoms with Gasteiger partial charge in [-0.2, -0.15) is 0 Å². The van der Waals surface area contributed by atoms with Crippen LogP contribution in [0.4, 0.5) is 5.13 Å². The van der Waals surface area contributed by atoms with Gasteiger partial charge >= 0.3 is 0 Å². The minimum absolute atomic E-state index is 0. The second kappa shape index (κ2) is 11.4. The molecule has 1 fully saturated rings. The zero-order valence-electron chi connectivity index (χ0n) is 20.3. The lowest BCUT2D eigenvalue weighted by Gasteiger charge is -2.28. The number of rotatable bonds is 6. The van der Waals surface area contributed by atoms with Crippen molar-refractivity contribution in [3.63, 3.8) is 0 Å². The van der Waals surface area contributed by atoms with Gasteiger partial charge in [0.2, 0.25) is 0 Å². The molecule has 1 aliphatic heterocycles. The van der Waals surface area contributed by atoms with E-state index in [9.17, 15) is 4.79 Å². The molecule has 4 rings (SSSR count). The molecule has 2 heterocycles. The van der Waals surface area contributed by atoms with Crippen molar-refractivity contribution in [1.29, 1.82) is 0 Å². The molecule has 2 aromatic carbocycles. The van der Waals surface area contributed by atoms with Gasteiger partial charge in [0.25, 0.3) is 5.91 Å². The highest BCUT2D eigenvalue weighted by molar-refractivity contribution is 7.22. The Labute approximate surface area is 217 Å². The summed E-state index contributed by atoms with van der Waals surface area (Å²) in [4.78, 5) is 22.7. The van der Waals surface area contributed by atoms with E-state index in [-0.39, 0.29) is 23.7 Å². The second-order valence-corrected chi connectivity index (χ2v) is 11.0. The molecule has 0 atom stereocenters. The molecular weight excluding hydrogens is 489 g/mol. The van der Waals surface area contributed by atoms with E-state index in [2.05, 4.69) is 37.8 Å². The van der Waals surface area contributed by atoms with Gasteiger partial charge in [-0.15, -0.1) is 12.4 Å². The molecule has 0 N–H and O–H groups in total. The number of amides is 1. The average molecular weight is 523 g/mol. The van der Waals surface area contributed by atoms with Crippen molar-refractivity contribution >= 4 is 56.6 Å². The molecule has 8 heteroatoms. The van der Waals surface area contributed by atoms with Crippen LogP contribution in [-0.4, -0.2) is 55.2 Å². The minimum Gasteiger partial charge on any atom is -0.379 e. The number of morpholine rings is 1. The number of hydrogen-bond acceptors (Lipinski definition) is 5. The van der Waals surface area contributed by atoms with E-state index >= 15 is 0 Å². The van der Waals surface area contributed by atoms with Crippen LogP contribution in [0, 0.1) is 6.92 Å². The summed E-state index contributed by atoms with van der Waals surface area (Å²) in [6.45, 7) is 13.5. The summed E-state index contributed by atoms with van der Waals surface area (Å²) in [5.41, 5.74) is 3.76. The lowest BCUT2D eigenvalue weighted by molar-refractivity contribution is 0.0376. The number of nitrogens with zero attached hydrogens (tertiary/aromatic N) is 3. The molecule has 5 nitrogen and oxygen atoms in total. The van der Waals surface area contributed by atoms with Gasteiger partial charge in [0, 0.05) is 36.8 Å². The molecule has 0 aliphatic carbocycles. The number of thiazole rings is 1. The van der Waals surface area contributed by atoms with Crippen LogP contribution in [0.3, 0.4) is 0 Å². The fourth-order valence-electron chi connectivity index (χ4n) is 4.03. The summed E-state index contributed by atoms with van der Waals surface area (Å²) in [5.74, 6) is -0.0137. The minimum atomic E-state index is -0.0137. The van der Waals surface area contributed by atoms with Crippen LogP contribution in [0.15, 0.2) is 36.4 Å². The lowest BCUT2D eigenvalue weighted by Crippen LogP contribution is -2.39. The number of carbonyl (C=O) groups excluding carboxylic acids is 1. The molecule has 1 saturated heterocycles. The highest BCUT2D eigenvalue weighted by atomic mass is 35.5. The summed E-state index contributed by atoms with van der Waals surface area (Å²) >= 11 is 7.87. The number of aryl methyl sites for hydroxylation is 1. The van der Waals surface area contributed by atoms with Gasteiger partial charge in [0.05, 0.1) is 23.4 Å². The standard InChI is InChI=1S/C26H32ClN3O2S.ClH/c1-18-21(27)10-11-22-23(18)28-25(33-22)30(13-5-12-29-14-16-32-17-15-29)24(31)19-6-8-20(9-7-19)26(2,3)4;/h6-11H,5,12-17H2,1-4H3;1H. The molecule has 0 radical (unpaired) electrons. The number of halogens is 2. The van der Waals surface area contributed by atoms with Crippen molar-refractivity contribution < 1.29 is 9.53 Å². The third kappa shape index (κ3) is 6.10. The van der Waals surface area contributed by atoms with E-state index in [1.54, 1.807) is 11.3 Å². The van der Waals surface area contributed by atoms with Gasteiger partial charge in [-0.3, -0.25) is 14.6 Å². The molecule has 0 spiro atoms. The molecule has 3 aromatic rings. The lowest BCUT2D eigenvalue weighted by atomic mass is 9.86. The highest BCUT2D eigenvalue weighted by Gasteiger charge is 2.23. The molecule has 1 aliphatic rings. The first-order chi connectivity index (χ1) is 15.7. The predicted molar refractivity (Wildman–Crippen MR) is 145 cm³/mol. The van der Waals surface area contributed by atoms with Crippen LogP contribution < -0.4 is 4.90 Å². The van der Waals surface area contributed by atoms with E-state index in [4.69, 9.17) is 21.3 Å². The summed E-state index contributed by atoms with van der Waals surface area (Å²) in [6.07, 6.45) is 0.876. The Kier molecular flexibility index (Phi) is 8.98. The fraction of sp³-hybridized carbons (Fsp3) is 0.462. The summed E-state index contributed by atoms with van der Waals surface area (Å²) < 4.78 is 6.50. The van der Waals surface area contributed by atoms with Crippen molar-refractivity contribution in [2.45, 2.75) is 39.5 Å². The van der Waals surface area contributed by atoms with Gasteiger partial charge in [-0.05, 0) is 54.2 Å². The maximum absolute atomic E-state index is 13.7. The van der Waals surface area contributed by atoms with Crippen LogP contribution in [-0.2, 0) is 10.2 Å². The third-order valence-corrected chi connectivity index (χ3v) is 7.62. The Bertz CT molecular complexity index is 1120.